The molecule has 10 heteroatoms. The van der Waals surface area contributed by atoms with Crippen molar-refractivity contribution in [2.45, 2.75) is 13.5 Å². The highest BCUT2D eigenvalue weighted by atomic mass is 35.5. The standard InChI is InChI=1S/C31H30ClN3O5S/c1-3-39-27-17-22(9-12-26(27)40-20-21-7-10-24(32)11-8-21)18-28-30(37)34(2)31(41-28)33-25-6-4-5-23(19-25)29(36)35-13-15-38-16-14-35/h4-12,17-19H,3,13-16,20H2,1-2H3/b28-18+,33-31?. The number of aliphatic imine (C=N–C) groups is 1. The van der Waals surface area contributed by atoms with Crippen molar-refractivity contribution in [1.29, 1.82) is 0 Å². The van der Waals surface area contributed by atoms with Gasteiger partial charge in [0, 0.05) is 30.7 Å². The molecule has 0 bridgehead atoms. The maximum Gasteiger partial charge on any atom is 0.266 e. The van der Waals surface area contributed by atoms with Gasteiger partial charge in [-0.05, 0) is 78.4 Å². The van der Waals surface area contributed by atoms with E-state index in [0.717, 1.165) is 11.1 Å². The molecule has 0 aliphatic carbocycles. The minimum atomic E-state index is -0.157. The lowest BCUT2D eigenvalue weighted by Crippen LogP contribution is -2.40. The molecule has 2 fully saturated rings. The van der Waals surface area contributed by atoms with Gasteiger partial charge < -0.3 is 19.1 Å². The molecule has 212 valence electrons. The molecule has 2 amide bonds. The second kappa shape index (κ2) is 13.2. The first kappa shape index (κ1) is 28.7. The Balaban J connectivity index is 1.32. The number of ether oxygens (including phenoxy) is 3. The molecule has 41 heavy (non-hydrogen) atoms. The Bertz CT molecular complexity index is 1490. The Hall–Kier alpha value is -3.79. The lowest BCUT2D eigenvalue weighted by molar-refractivity contribution is -0.121. The van der Waals surface area contributed by atoms with E-state index in [2.05, 4.69) is 4.99 Å². The summed E-state index contributed by atoms with van der Waals surface area (Å²) in [6.07, 6.45) is 1.82. The van der Waals surface area contributed by atoms with Crippen LogP contribution in [0.3, 0.4) is 0 Å². The molecule has 0 saturated carbocycles. The van der Waals surface area contributed by atoms with Crippen LogP contribution in [0.25, 0.3) is 6.08 Å². The fraction of sp³-hybridized carbons (Fsp3) is 0.258. The summed E-state index contributed by atoms with van der Waals surface area (Å²) in [6.45, 7) is 4.97. The minimum absolute atomic E-state index is 0.0508. The van der Waals surface area contributed by atoms with E-state index in [1.165, 1.54) is 16.7 Å². The van der Waals surface area contributed by atoms with Gasteiger partial charge in [-0.1, -0.05) is 35.9 Å². The van der Waals surface area contributed by atoms with Crippen LogP contribution in [0.15, 0.2) is 76.6 Å². The molecule has 0 radical (unpaired) electrons. The summed E-state index contributed by atoms with van der Waals surface area (Å²) < 4.78 is 17.2. The van der Waals surface area contributed by atoms with Crippen molar-refractivity contribution >= 4 is 52.1 Å². The van der Waals surface area contributed by atoms with Crippen LogP contribution in [-0.2, 0) is 16.1 Å². The van der Waals surface area contributed by atoms with Gasteiger partial charge >= 0.3 is 0 Å². The molecule has 0 atom stereocenters. The van der Waals surface area contributed by atoms with Crippen molar-refractivity contribution in [3.8, 4) is 11.5 Å². The maximum absolute atomic E-state index is 13.1. The minimum Gasteiger partial charge on any atom is -0.490 e. The van der Waals surface area contributed by atoms with Crippen molar-refractivity contribution in [3.05, 3.63) is 93.3 Å². The number of hydrogen-bond acceptors (Lipinski definition) is 7. The zero-order valence-electron chi connectivity index (χ0n) is 22.8. The van der Waals surface area contributed by atoms with Crippen LogP contribution >= 0.6 is 23.4 Å². The van der Waals surface area contributed by atoms with E-state index in [-0.39, 0.29) is 11.8 Å². The molecule has 2 heterocycles. The van der Waals surface area contributed by atoms with E-state index in [1.54, 1.807) is 30.1 Å². The molecule has 2 aliphatic heterocycles. The second-order valence-corrected chi connectivity index (χ2v) is 10.8. The molecule has 0 aromatic heterocycles. The highest BCUT2D eigenvalue weighted by Gasteiger charge is 2.30. The van der Waals surface area contributed by atoms with Crippen LogP contribution in [0.1, 0.15) is 28.4 Å². The monoisotopic (exact) mass is 591 g/mol. The average molecular weight is 592 g/mol. The van der Waals surface area contributed by atoms with Crippen molar-refractivity contribution in [2.24, 2.45) is 4.99 Å². The molecular formula is C31H30ClN3O5S. The van der Waals surface area contributed by atoms with Gasteiger partial charge in [0.15, 0.2) is 16.7 Å². The number of morpholine rings is 1. The molecule has 0 N–H and O–H groups in total. The first-order valence-corrected chi connectivity index (χ1v) is 14.5. The van der Waals surface area contributed by atoms with Crippen LogP contribution in [0, 0.1) is 0 Å². The van der Waals surface area contributed by atoms with Crippen molar-refractivity contribution in [1.82, 2.24) is 9.80 Å². The zero-order valence-corrected chi connectivity index (χ0v) is 24.4. The van der Waals surface area contributed by atoms with Gasteiger partial charge in [0.05, 0.1) is 30.4 Å². The number of rotatable bonds is 8. The molecular weight excluding hydrogens is 562 g/mol. The third-order valence-electron chi connectivity index (χ3n) is 6.49. The summed E-state index contributed by atoms with van der Waals surface area (Å²) in [7, 11) is 1.69. The SMILES string of the molecule is CCOc1cc(/C=C2/SC(=Nc3cccc(C(=O)N4CCOCC4)c3)N(C)C2=O)ccc1OCc1ccc(Cl)cc1. The number of carbonyl (C=O) groups is 2. The Kier molecular flexibility index (Phi) is 9.28. The first-order valence-electron chi connectivity index (χ1n) is 13.3. The van der Waals surface area contributed by atoms with E-state index in [9.17, 15) is 9.59 Å². The lowest BCUT2D eigenvalue weighted by atomic mass is 10.1. The largest absolute Gasteiger partial charge is 0.490 e. The number of benzene rings is 3. The maximum atomic E-state index is 13.1. The Labute approximate surface area is 248 Å². The summed E-state index contributed by atoms with van der Waals surface area (Å²) in [5.74, 6) is 0.996. The molecule has 0 spiro atoms. The summed E-state index contributed by atoms with van der Waals surface area (Å²) in [5, 5.41) is 1.21. The number of nitrogens with zero attached hydrogens (tertiary/aromatic N) is 3. The van der Waals surface area contributed by atoms with Gasteiger partial charge in [0.25, 0.3) is 11.8 Å². The molecule has 8 nitrogen and oxygen atoms in total. The van der Waals surface area contributed by atoms with Gasteiger partial charge in [-0.2, -0.15) is 0 Å². The van der Waals surface area contributed by atoms with Gasteiger partial charge in [0.2, 0.25) is 0 Å². The van der Waals surface area contributed by atoms with Crippen LogP contribution in [0.5, 0.6) is 11.5 Å². The first-order chi connectivity index (χ1) is 19.9. The molecule has 2 aliphatic rings. The van der Waals surface area contributed by atoms with Crippen molar-refractivity contribution in [3.63, 3.8) is 0 Å². The summed E-state index contributed by atoms with van der Waals surface area (Å²) >= 11 is 7.26. The van der Waals surface area contributed by atoms with Gasteiger partial charge in [0.1, 0.15) is 6.61 Å². The average Bonchev–Trinajstić information content (AvgIpc) is 3.25. The number of likely N-dealkylation sites (N-methyl/N-ethyl adjacent to an activating group) is 1. The highest BCUT2D eigenvalue weighted by molar-refractivity contribution is 8.18. The highest BCUT2D eigenvalue weighted by Crippen LogP contribution is 2.35. The summed E-state index contributed by atoms with van der Waals surface area (Å²) in [4.78, 5) is 34.5. The van der Waals surface area contributed by atoms with E-state index in [1.807, 2.05) is 61.5 Å². The lowest BCUT2D eigenvalue weighted by Gasteiger charge is -2.26. The van der Waals surface area contributed by atoms with Crippen molar-refractivity contribution in [2.75, 3.05) is 40.0 Å². The van der Waals surface area contributed by atoms with E-state index >= 15 is 0 Å². The predicted octanol–water partition coefficient (Wildman–Crippen LogP) is 6.02. The second-order valence-electron chi connectivity index (χ2n) is 9.38. The zero-order chi connectivity index (χ0) is 28.8. The van der Waals surface area contributed by atoms with E-state index in [0.29, 0.717) is 77.4 Å². The summed E-state index contributed by atoms with van der Waals surface area (Å²) in [6, 6.07) is 20.2. The number of amides is 2. The third kappa shape index (κ3) is 7.11. The number of halogens is 1. The Morgan fingerprint density at radius 3 is 2.59 bits per heavy atom. The van der Waals surface area contributed by atoms with Crippen LogP contribution in [-0.4, -0.2) is 66.7 Å². The predicted molar refractivity (Wildman–Crippen MR) is 162 cm³/mol. The molecule has 3 aromatic carbocycles. The molecule has 5 rings (SSSR count). The van der Waals surface area contributed by atoms with Crippen LogP contribution < -0.4 is 9.47 Å². The summed E-state index contributed by atoms with van der Waals surface area (Å²) in [5.41, 5.74) is 2.95. The Morgan fingerprint density at radius 1 is 1.05 bits per heavy atom. The van der Waals surface area contributed by atoms with Crippen molar-refractivity contribution < 1.29 is 23.8 Å². The van der Waals surface area contributed by atoms with Gasteiger partial charge in [-0.25, -0.2) is 4.99 Å². The van der Waals surface area contributed by atoms with Gasteiger partial charge in [-0.3, -0.25) is 14.5 Å². The van der Waals surface area contributed by atoms with E-state index in [4.69, 9.17) is 25.8 Å². The van der Waals surface area contributed by atoms with Crippen LogP contribution in [0.4, 0.5) is 5.69 Å². The van der Waals surface area contributed by atoms with Crippen LogP contribution in [0.2, 0.25) is 5.02 Å². The van der Waals surface area contributed by atoms with E-state index < -0.39 is 0 Å². The normalized spacial score (nSPS) is 17.4. The number of amidine groups is 1. The molecule has 0 unspecified atom stereocenters. The van der Waals surface area contributed by atoms with Gasteiger partial charge in [-0.15, -0.1) is 0 Å². The molecule has 2 saturated heterocycles. The number of carbonyl (C=O) groups excluding carboxylic acids is 2. The number of hydrogen-bond donors (Lipinski definition) is 0. The fourth-order valence-corrected chi connectivity index (χ4v) is 5.43. The smallest absolute Gasteiger partial charge is 0.266 e. The third-order valence-corrected chi connectivity index (χ3v) is 7.80. The Morgan fingerprint density at radius 2 is 1.83 bits per heavy atom. The number of thioether (sulfide) groups is 1. The topological polar surface area (TPSA) is 80.7 Å². The quantitative estimate of drug-likeness (QED) is 0.298. The fourth-order valence-electron chi connectivity index (χ4n) is 4.31. The molecule has 3 aromatic rings.